The summed E-state index contributed by atoms with van der Waals surface area (Å²) < 4.78 is 32.4. The van der Waals surface area contributed by atoms with Gasteiger partial charge < -0.3 is 30.3 Å². The number of aliphatic carboxylic acids is 1. The standard InChI is InChI=1S/C42H70NO11P/c1-3-5-7-9-11-13-15-17-19-21-23-25-27-30-37(44)31-29-33-41(46)54-38(35-52-55(49,50)53-36-39(43)42(47)48)34-51-40(45)32-28-26-24-22-20-18-16-14-12-10-8-6-4-2/h5,7,11,13-14,16-17,19,23,25,27,30,37-39,44H,3-4,6,8-10,12,15,18,20-22,24,26,28-29,31-36,43H2,1-2H3,(H,47,48)(H,49,50)/b7-5-,13-11-,16-14-,19-17-,25-23-,30-27+/t37?,38-,39+/m1/s1. The number of allylic oxidation sites excluding steroid dienone is 11. The summed E-state index contributed by atoms with van der Waals surface area (Å²) in [6, 6.07) is -1.56. The van der Waals surface area contributed by atoms with Crippen LogP contribution in [-0.2, 0) is 37.5 Å². The molecule has 0 aromatic carbocycles. The first kappa shape index (κ1) is 51.9. The van der Waals surface area contributed by atoms with Crippen molar-refractivity contribution in [3.63, 3.8) is 0 Å². The molecule has 0 aliphatic carbocycles. The first-order valence-corrected chi connectivity index (χ1v) is 21.6. The molecule has 0 aliphatic heterocycles. The molecule has 0 aromatic heterocycles. The minimum atomic E-state index is -4.77. The number of nitrogens with two attached hydrogens (primary N) is 1. The maximum Gasteiger partial charge on any atom is 0.472 e. The van der Waals surface area contributed by atoms with Crippen LogP contribution in [0.3, 0.4) is 0 Å². The number of aliphatic hydroxyl groups excluding tert-OH is 1. The fraction of sp³-hybridized carbons (Fsp3) is 0.643. The summed E-state index contributed by atoms with van der Waals surface area (Å²) in [5.74, 6) is -2.63. The summed E-state index contributed by atoms with van der Waals surface area (Å²) in [5.41, 5.74) is 5.31. The van der Waals surface area contributed by atoms with E-state index in [4.69, 9.17) is 24.8 Å². The van der Waals surface area contributed by atoms with Crippen LogP contribution in [-0.4, -0.2) is 71.1 Å². The molecule has 12 nitrogen and oxygen atoms in total. The third-order valence-corrected chi connectivity index (χ3v) is 8.99. The van der Waals surface area contributed by atoms with Gasteiger partial charge in [-0.1, -0.05) is 125 Å². The molecule has 0 aliphatic rings. The number of ether oxygens (including phenoxy) is 2. The maximum absolute atomic E-state index is 12.6. The molecule has 5 N–H and O–H groups in total. The molecule has 0 bridgehead atoms. The van der Waals surface area contributed by atoms with E-state index in [0.29, 0.717) is 6.42 Å². The number of phosphoric acid groups is 1. The number of esters is 2. The van der Waals surface area contributed by atoms with Crippen LogP contribution in [0.25, 0.3) is 0 Å². The summed E-state index contributed by atoms with van der Waals surface area (Å²) in [7, 11) is -4.77. The topological polar surface area (TPSA) is 192 Å². The number of carbonyl (C=O) groups excluding carboxylic acids is 2. The Balaban J connectivity index is 4.66. The second-order valence-electron chi connectivity index (χ2n) is 13.2. The van der Waals surface area contributed by atoms with Gasteiger partial charge in [0.1, 0.15) is 12.6 Å². The number of hydrogen-bond donors (Lipinski definition) is 4. The molecule has 55 heavy (non-hydrogen) atoms. The van der Waals surface area contributed by atoms with E-state index in [-0.39, 0.29) is 25.7 Å². The lowest BCUT2D eigenvalue weighted by Crippen LogP contribution is -2.34. The molecule has 0 saturated heterocycles. The largest absolute Gasteiger partial charge is 0.480 e. The minimum absolute atomic E-state index is 0.0746. The number of carbonyl (C=O) groups is 3. The van der Waals surface area contributed by atoms with Crippen molar-refractivity contribution >= 4 is 25.7 Å². The predicted octanol–water partition coefficient (Wildman–Crippen LogP) is 9.14. The molecule has 0 heterocycles. The predicted molar refractivity (Wildman–Crippen MR) is 218 cm³/mol. The van der Waals surface area contributed by atoms with Gasteiger partial charge >= 0.3 is 25.7 Å². The molecule has 2 unspecified atom stereocenters. The van der Waals surface area contributed by atoms with E-state index in [1.165, 1.54) is 25.7 Å². The van der Waals surface area contributed by atoms with Crippen molar-refractivity contribution in [3.8, 4) is 0 Å². The molecule has 0 spiro atoms. The minimum Gasteiger partial charge on any atom is -0.480 e. The summed E-state index contributed by atoms with van der Waals surface area (Å²) in [5, 5.41) is 19.1. The van der Waals surface area contributed by atoms with E-state index < -0.39 is 63.8 Å². The van der Waals surface area contributed by atoms with Crippen LogP contribution < -0.4 is 5.73 Å². The molecule has 0 radical (unpaired) electrons. The average molecular weight is 796 g/mol. The van der Waals surface area contributed by atoms with Crippen molar-refractivity contribution in [2.75, 3.05) is 19.8 Å². The highest BCUT2D eigenvalue weighted by atomic mass is 31.2. The number of unbranched alkanes of at least 4 members (excludes halogenated alkanes) is 9. The number of carboxylic acids is 1. The van der Waals surface area contributed by atoms with Gasteiger partial charge in [0.15, 0.2) is 6.10 Å². The van der Waals surface area contributed by atoms with Gasteiger partial charge in [0.2, 0.25) is 0 Å². The van der Waals surface area contributed by atoms with Crippen molar-refractivity contribution in [1.29, 1.82) is 0 Å². The molecule has 0 aromatic rings. The first-order chi connectivity index (χ1) is 26.5. The third kappa shape index (κ3) is 36.3. The van der Waals surface area contributed by atoms with Crippen LogP contribution in [0.5, 0.6) is 0 Å². The Kier molecular flexibility index (Phi) is 34.4. The van der Waals surface area contributed by atoms with Crippen LogP contribution in [0.1, 0.15) is 136 Å². The van der Waals surface area contributed by atoms with Crippen molar-refractivity contribution in [3.05, 3.63) is 72.9 Å². The zero-order valence-electron chi connectivity index (χ0n) is 33.3. The van der Waals surface area contributed by atoms with E-state index in [1.54, 1.807) is 12.2 Å². The smallest absolute Gasteiger partial charge is 0.472 e. The maximum atomic E-state index is 12.6. The Labute approximate surface area is 330 Å². The van der Waals surface area contributed by atoms with Crippen LogP contribution in [0.2, 0.25) is 0 Å². The summed E-state index contributed by atoms with van der Waals surface area (Å²) >= 11 is 0. The molecule has 0 rings (SSSR count). The number of hydrogen-bond acceptors (Lipinski definition) is 10. The molecule has 0 amide bonds. The average Bonchev–Trinajstić information content (AvgIpc) is 3.15. The summed E-state index contributed by atoms with van der Waals surface area (Å²) in [6.07, 6.45) is 38.6. The summed E-state index contributed by atoms with van der Waals surface area (Å²) in [6.45, 7) is 2.43. The van der Waals surface area contributed by atoms with E-state index in [2.05, 4.69) is 67.0 Å². The van der Waals surface area contributed by atoms with Crippen molar-refractivity contribution in [1.82, 2.24) is 0 Å². The first-order valence-electron chi connectivity index (χ1n) is 20.1. The molecular weight excluding hydrogens is 725 g/mol. The Morgan fingerprint density at radius 3 is 1.87 bits per heavy atom. The van der Waals surface area contributed by atoms with Gasteiger partial charge in [-0.15, -0.1) is 0 Å². The van der Waals surface area contributed by atoms with Crippen LogP contribution >= 0.6 is 7.82 Å². The van der Waals surface area contributed by atoms with Crippen LogP contribution in [0.4, 0.5) is 0 Å². The molecular formula is C42H70NO11P. The van der Waals surface area contributed by atoms with Gasteiger partial charge in [-0.3, -0.25) is 23.4 Å². The highest BCUT2D eigenvalue weighted by molar-refractivity contribution is 7.47. The fourth-order valence-electron chi connectivity index (χ4n) is 4.85. The normalized spacial score (nSPS) is 15.1. The lowest BCUT2D eigenvalue weighted by atomic mass is 10.1. The molecule has 0 saturated carbocycles. The molecule has 4 atom stereocenters. The number of aliphatic hydroxyl groups is 1. The zero-order chi connectivity index (χ0) is 40.8. The number of phosphoric ester groups is 1. The summed E-state index contributed by atoms with van der Waals surface area (Å²) in [4.78, 5) is 45.8. The van der Waals surface area contributed by atoms with E-state index in [1.807, 2.05) is 12.2 Å². The highest BCUT2D eigenvalue weighted by Gasteiger charge is 2.28. The van der Waals surface area contributed by atoms with Crippen LogP contribution in [0.15, 0.2) is 72.9 Å². The Morgan fingerprint density at radius 1 is 0.673 bits per heavy atom. The zero-order valence-corrected chi connectivity index (χ0v) is 34.2. The lowest BCUT2D eigenvalue weighted by molar-refractivity contribution is -0.161. The number of carboxylic acid groups (broad SMARTS) is 1. The Bertz CT molecular complexity index is 1230. The van der Waals surface area contributed by atoms with Crippen molar-refractivity contribution < 1.29 is 52.6 Å². The van der Waals surface area contributed by atoms with Gasteiger partial charge in [0, 0.05) is 12.8 Å². The Morgan fingerprint density at radius 2 is 1.24 bits per heavy atom. The van der Waals surface area contributed by atoms with Crippen LogP contribution in [0, 0.1) is 0 Å². The fourth-order valence-corrected chi connectivity index (χ4v) is 5.63. The SMILES string of the molecule is CC/C=C\C/C=C\C/C=C\C/C=C\C=C\C(O)CCCC(=O)O[C@H](COC(=O)CCCCCCC/C=C\CCCCCC)COP(=O)(O)OC[C@H](N)C(=O)O. The molecule has 13 heteroatoms. The quantitative estimate of drug-likeness (QED) is 0.0155. The van der Waals surface area contributed by atoms with E-state index in [0.717, 1.165) is 64.2 Å². The number of rotatable bonds is 36. The molecule has 0 fully saturated rings. The molecule has 314 valence electrons. The van der Waals surface area contributed by atoms with Gasteiger partial charge in [-0.2, -0.15) is 0 Å². The van der Waals surface area contributed by atoms with Gasteiger partial charge in [0.25, 0.3) is 0 Å². The van der Waals surface area contributed by atoms with E-state index >= 15 is 0 Å². The van der Waals surface area contributed by atoms with E-state index in [9.17, 15) is 28.9 Å². The second kappa shape index (κ2) is 36.5. The van der Waals surface area contributed by atoms with Crippen molar-refractivity contribution in [2.45, 2.75) is 154 Å². The lowest BCUT2D eigenvalue weighted by Gasteiger charge is -2.20. The third-order valence-electron chi connectivity index (χ3n) is 8.04. The van der Waals surface area contributed by atoms with Crippen molar-refractivity contribution in [2.24, 2.45) is 5.73 Å². The second-order valence-corrected chi connectivity index (χ2v) is 14.7. The monoisotopic (exact) mass is 795 g/mol. The van der Waals surface area contributed by atoms with Gasteiger partial charge in [-0.25, -0.2) is 4.57 Å². The van der Waals surface area contributed by atoms with Gasteiger partial charge in [-0.05, 0) is 70.6 Å². The van der Waals surface area contributed by atoms with Gasteiger partial charge in [0.05, 0.1) is 19.3 Å². The Hall–Kier alpha value is -3.12. The highest BCUT2D eigenvalue weighted by Crippen LogP contribution is 2.43.